The highest BCUT2D eigenvalue weighted by molar-refractivity contribution is 6.12. The zero-order valence-electron chi connectivity index (χ0n) is 29.7. The van der Waals surface area contributed by atoms with Crippen LogP contribution in [-0.4, -0.2) is 0 Å². The van der Waals surface area contributed by atoms with Crippen molar-refractivity contribution in [1.29, 1.82) is 0 Å². The van der Waals surface area contributed by atoms with Crippen LogP contribution in [0.2, 0.25) is 0 Å². The fourth-order valence-electron chi connectivity index (χ4n) is 7.35. The van der Waals surface area contributed by atoms with Crippen molar-refractivity contribution in [1.82, 2.24) is 0 Å². The maximum atomic E-state index is 16.3. The SMILES string of the molecule is Fc1c(F)c(C(F)(F)F)c(F)c(F)c1N(c1cccc2ccccc12)c1cccc2cccc(N(c3c(F)c(F)c(C(F)(F)F)c(F)c3F)c3cccc4ccccc34)c12. The summed E-state index contributed by atoms with van der Waals surface area (Å²) in [6, 6.07) is 27.3. The van der Waals surface area contributed by atoms with Gasteiger partial charge in [-0.3, -0.25) is 0 Å². The quantitative estimate of drug-likeness (QED) is 0.122. The van der Waals surface area contributed by atoms with Crippen LogP contribution < -0.4 is 9.80 Å². The van der Waals surface area contributed by atoms with Crippen molar-refractivity contribution in [3.8, 4) is 0 Å². The minimum absolute atomic E-state index is 0.0252. The van der Waals surface area contributed by atoms with Crippen molar-refractivity contribution in [3.63, 3.8) is 0 Å². The Morgan fingerprint density at radius 3 is 0.917 bits per heavy atom. The molecule has 2 nitrogen and oxygen atoms in total. The number of halogens is 14. The first-order chi connectivity index (χ1) is 28.4. The van der Waals surface area contributed by atoms with Gasteiger partial charge in [-0.25, -0.2) is 35.1 Å². The number of hydrogen-bond acceptors (Lipinski definition) is 2. The Morgan fingerprint density at radius 1 is 0.300 bits per heavy atom. The Labute approximate surface area is 328 Å². The molecule has 0 N–H and O–H groups in total. The predicted molar refractivity (Wildman–Crippen MR) is 198 cm³/mol. The van der Waals surface area contributed by atoms with Crippen molar-refractivity contribution in [3.05, 3.63) is 179 Å². The highest BCUT2D eigenvalue weighted by atomic mass is 19.4. The maximum Gasteiger partial charge on any atom is 0.422 e. The molecule has 0 atom stereocenters. The summed E-state index contributed by atoms with van der Waals surface area (Å²) in [5, 5.41) is 0.466. The molecule has 0 unspecified atom stereocenters. The molecule has 8 rings (SSSR count). The van der Waals surface area contributed by atoms with Gasteiger partial charge in [-0.05, 0) is 40.4 Å². The van der Waals surface area contributed by atoms with Crippen LogP contribution >= 0.6 is 0 Å². The summed E-state index contributed by atoms with van der Waals surface area (Å²) in [6.07, 6.45) is -11.9. The minimum atomic E-state index is -5.93. The van der Waals surface area contributed by atoms with Gasteiger partial charge < -0.3 is 9.80 Å². The van der Waals surface area contributed by atoms with E-state index in [1.54, 1.807) is 12.1 Å². The largest absolute Gasteiger partial charge is 0.422 e. The third-order valence-corrected chi connectivity index (χ3v) is 9.85. The Balaban J connectivity index is 1.56. The van der Waals surface area contributed by atoms with E-state index >= 15 is 35.1 Å². The third kappa shape index (κ3) is 6.28. The standard InChI is InChI=1S/C44H20F14N2/c45-33-31(43(53,54)55)34(46)38(50)41(37(33)49)59(26-17-5-11-21-9-1-3-15-24(21)26)28-19-7-13-23-14-8-20-29(30(23)28)60(27-18-6-12-22-10-2-4-16-25(22)27)42-39(51)35(47)32(44(56,57)58)36(48)40(42)52/h1-20H. The number of nitrogens with zero attached hydrogens (tertiary/aromatic N) is 2. The molecule has 0 saturated carbocycles. The molecule has 0 bridgehead atoms. The van der Waals surface area contributed by atoms with E-state index in [1.807, 2.05) is 0 Å². The third-order valence-electron chi connectivity index (χ3n) is 9.85. The topological polar surface area (TPSA) is 6.48 Å². The second-order valence-electron chi connectivity index (χ2n) is 13.3. The van der Waals surface area contributed by atoms with Gasteiger partial charge in [0.2, 0.25) is 0 Å². The molecular weight excluding hydrogens is 822 g/mol. The highest BCUT2D eigenvalue weighted by Crippen LogP contribution is 2.52. The summed E-state index contributed by atoms with van der Waals surface area (Å²) in [5.41, 5.74) is -10.9. The average Bonchev–Trinajstić information content (AvgIpc) is 3.21. The Hall–Kier alpha value is -6.84. The lowest BCUT2D eigenvalue weighted by Gasteiger charge is -2.33. The van der Waals surface area contributed by atoms with Gasteiger partial charge in [0.05, 0.1) is 22.7 Å². The number of anilines is 6. The molecule has 0 fully saturated rings. The van der Waals surface area contributed by atoms with Crippen LogP contribution in [0.4, 0.5) is 95.6 Å². The van der Waals surface area contributed by atoms with E-state index in [-0.39, 0.29) is 32.9 Å². The first-order valence-electron chi connectivity index (χ1n) is 17.4. The predicted octanol–water partition coefficient (Wildman–Crippen LogP) is 15.2. The van der Waals surface area contributed by atoms with Crippen molar-refractivity contribution in [2.24, 2.45) is 0 Å². The van der Waals surface area contributed by atoms with E-state index in [0.717, 1.165) is 12.1 Å². The van der Waals surface area contributed by atoms with Crippen LogP contribution in [0.3, 0.4) is 0 Å². The second kappa shape index (κ2) is 14.5. The zero-order valence-corrected chi connectivity index (χ0v) is 29.7. The summed E-state index contributed by atoms with van der Waals surface area (Å²) in [6.45, 7) is 0. The smallest absolute Gasteiger partial charge is 0.304 e. The van der Waals surface area contributed by atoms with Crippen molar-refractivity contribution in [2.75, 3.05) is 9.80 Å². The van der Waals surface area contributed by atoms with Gasteiger partial charge in [-0.15, -0.1) is 0 Å². The molecule has 0 aliphatic heterocycles. The van der Waals surface area contributed by atoms with Gasteiger partial charge in [0.1, 0.15) is 22.5 Å². The van der Waals surface area contributed by atoms with Gasteiger partial charge >= 0.3 is 12.4 Å². The van der Waals surface area contributed by atoms with Crippen LogP contribution in [0.25, 0.3) is 32.3 Å². The van der Waals surface area contributed by atoms with E-state index in [9.17, 15) is 26.3 Å². The monoisotopic (exact) mass is 842 g/mol. The molecule has 0 spiro atoms. The van der Waals surface area contributed by atoms with Gasteiger partial charge in [0, 0.05) is 16.2 Å². The lowest BCUT2D eigenvalue weighted by molar-refractivity contribution is -0.144. The Kier molecular flexibility index (Phi) is 9.63. The molecular formula is C44H20F14N2. The molecule has 0 aliphatic rings. The molecule has 304 valence electrons. The van der Waals surface area contributed by atoms with Crippen LogP contribution in [0.15, 0.2) is 121 Å². The molecule has 0 heterocycles. The summed E-state index contributed by atoms with van der Waals surface area (Å²) >= 11 is 0. The fourth-order valence-corrected chi connectivity index (χ4v) is 7.35. The molecule has 8 aromatic carbocycles. The molecule has 0 aromatic heterocycles. The molecule has 0 aliphatic carbocycles. The summed E-state index contributed by atoms with van der Waals surface area (Å²) in [5.74, 6) is -21.3. The van der Waals surface area contributed by atoms with Crippen LogP contribution in [0, 0.1) is 46.5 Å². The molecule has 8 aromatic rings. The molecule has 0 amide bonds. The maximum absolute atomic E-state index is 16.3. The number of hydrogen-bond donors (Lipinski definition) is 0. The van der Waals surface area contributed by atoms with E-state index in [2.05, 4.69) is 0 Å². The number of alkyl halides is 6. The zero-order chi connectivity index (χ0) is 43.0. The van der Waals surface area contributed by atoms with Crippen LogP contribution in [-0.2, 0) is 12.4 Å². The van der Waals surface area contributed by atoms with E-state index in [1.165, 1.54) is 97.1 Å². The van der Waals surface area contributed by atoms with Crippen molar-refractivity contribution in [2.45, 2.75) is 12.4 Å². The van der Waals surface area contributed by atoms with Gasteiger partial charge in [-0.2, -0.15) is 26.3 Å². The fraction of sp³-hybridized carbons (Fsp3) is 0.0455. The van der Waals surface area contributed by atoms with E-state index in [4.69, 9.17) is 0 Å². The Morgan fingerprint density at radius 2 is 0.583 bits per heavy atom. The van der Waals surface area contributed by atoms with Crippen molar-refractivity contribution < 1.29 is 61.5 Å². The number of fused-ring (bicyclic) bond motifs is 3. The summed E-state index contributed by atoms with van der Waals surface area (Å²) in [4.78, 5) is 1.04. The Bertz CT molecular complexity index is 2760. The normalized spacial score (nSPS) is 12.2. The van der Waals surface area contributed by atoms with E-state index < -0.39 is 92.8 Å². The molecule has 0 saturated heterocycles. The van der Waals surface area contributed by atoms with Gasteiger partial charge in [0.15, 0.2) is 46.5 Å². The van der Waals surface area contributed by atoms with E-state index in [0.29, 0.717) is 20.6 Å². The molecule has 60 heavy (non-hydrogen) atoms. The first kappa shape index (κ1) is 40.0. The lowest BCUT2D eigenvalue weighted by Crippen LogP contribution is -2.22. The number of benzene rings is 8. The first-order valence-corrected chi connectivity index (χ1v) is 17.4. The number of rotatable bonds is 6. The van der Waals surface area contributed by atoms with Gasteiger partial charge in [0.25, 0.3) is 0 Å². The minimum Gasteiger partial charge on any atom is -0.304 e. The summed E-state index contributed by atoms with van der Waals surface area (Å²) < 4.78 is 211. The highest BCUT2D eigenvalue weighted by Gasteiger charge is 2.45. The van der Waals surface area contributed by atoms with Crippen LogP contribution in [0.5, 0.6) is 0 Å². The average molecular weight is 843 g/mol. The van der Waals surface area contributed by atoms with Gasteiger partial charge in [-0.1, -0.05) is 97.1 Å². The van der Waals surface area contributed by atoms with Crippen LogP contribution in [0.1, 0.15) is 11.1 Å². The van der Waals surface area contributed by atoms with Crippen molar-refractivity contribution >= 4 is 66.4 Å². The molecule has 16 heteroatoms. The lowest BCUT2D eigenvalue weighted by atomic mass is 9.99. The molecule has 0 radical (unpaired) electrons. The second-order valence-corrected chi connectivity index (χ2v) is 13.3. The summed E-state index contributed by atoms with van der Waals surface area (Å²) in [7, 11) is 0.